The second-order valence-electron chi connectivity index (χ2n) is 4.68. The molecular formula is C16H28N2O3. The molecule has 1 aromatic carbocycles. The first-order valence-electron chi connectivity index (χ1n) is 7.40. The van der Waals surface area contributed by atoms with Gasteiger partial charge in [-0.25, -0.2) is 5.90 Å². The van der Waals surface area contributed by atoms with Gasteiger partial charge in [-0.2, -0.15) is 0 Å². The molecule has 1 aromatic rings. The number of nitrogens with one attached hydrogen (secondary N) is 1. The summed E-state index contributed by atoms with van der Waals surface area (Å²) >= 11 is 0. The molecule has 0 spiro atoms. The Morgan fingerprint density at radius 3 is 2.38 bits per heavy atom. The minimum atomic E-state index is -1.01. The lowest BCUT2D eigenvalue weighted by Gasteiger charge is -2.33. The molecule has 4 N–H and O–H groups in total. The summed E-state index contributed by atoms with van der Waals surface area (Å²) in [5.41, 5.74) is 0.1000. The van der Waals surface area contributed by atoms with Gasteiger partial charge < -0.3 is 15.3 Å². The highest BCUT2D eigenvalue weighted by molar-refractivity contribution is 5.75. The van der Waals surface area contributed by atoms with Crippen LogP contribution in [0.5, 0.6) is 0 Å². The third-order valence-corrected chi connectivity index (χ3v) is 3.65. The van der Waals surface area contributed by atoms with E-state index in [4.69, 9.17) is 10.7 Å². The van der Waals surface area contributed by atoms with Crippen LogP contribution in [0.1, 0.15) is 39.7 Å². The quantitative estimate of drug-likeness (QED) is 0.642. The van der Waals surface area contributed by atoms with Crippen molar-refractivity contribution in [3.63, 3.8) is 0 Å². The van der Waals surface area contributed by atoms with E-state index >= 15 is 0 Å². The van der Waals surface area contributed by atoms with Gasteiger partial charge in [0, 0.05) is 13.1 Å². The van der Waals surface area contributed by atoms with Crippen LogP contribution >= 0.6 is 0 Å². The number of aliphatic carboxylic acids is 1. The van der Waals surface area contributed by atoms with E-state index in [1.54, 1.807) is 6.92 Å². The summed E-state index contributed by atoms with van der Waals surface area (Å²) in [6.07, 6.45) is -0.110. The monoisotopic (exact) mass is 296 g/mol. The SMILES string of the molecule is CC.CCC(CNCc1ccccc1)(C(=O)O)C(C)ON. The average molecular weight is 296 g/mol. The summed E-state index contributed by atoms with van der Waals surface area (Å²) in [6.45, 7) is 8.44. The zero-order valence-electron chi connectivity index (χ0n) is 13.4. The van der Waals surface area contributed by atoms with Gasteiger partial charge in [-0.05, 0) is 18.9 Å². The van der Waals surface area contributed by atoms with Gasteiger partial charge in [0.25, 0.3) is 0 Å². The number of hydrogen-bond acceptors (Lipinski definition) is 4. The maximum Gasteiger partial charge on any atom is 0.313 e. The lowest BCUT2D eigenvalue weighted by Crippen LogP contribution is -2.49. The fourth-order valence-corrected chi connectivity index (χ4v) is 2.11. The molecule has 0 saturated heterocycles. The third-order valence-electron chi connectivity index (χ3n) is 3.65. The lowest BCUT2D eigenvalue weighted by atomic mass is 9.80. The van der Waals surface area contributed by atoms with Gasteiger partial charge in [-0.15, -0.1) is 0 Å². The molecule has 0 bridgehead atoms. The fraction of sp³-hybridized carbons (Fsp3) is 0.562. The van der Waals surface area contributed by atoms with Crippen LogP contribution in [0, 0.1) is 5.41 Å². The molecule has 0 fully saturated rings. The highest BCUT2D eigenvalue weighted by atomic mass is 16.6. The highest BCUT2D eigenvalue weighted by Crippen LogP contribution is 2.28. The normalized spacial score (nSPS) is 14.5. The molecular weight excluding hydrogens is 268 g/mol. The maximum absolute atomic E-state index is 11.5. The Kier molecular flexibility index (Phi) is 9.62. The van der Waals surface area contributed by atoms with Gasteiger partial charge in [-0.1, -0.05) is 51.1 Å². The Balaban J connectivity index is 0.00000191. The summed E-state index contributed by atoms with van der Waals surface area (Å²) in [5.74, 6) is 4.27. The molecule has 5 heteroatoms. The van der Waals surface area contributed by atoms with Crippen LogP contribution in [0.4, 0.5) is 0 Å². The van der Waals surface area contributed by atoms with Crippen LogP contribution in [0.15, 0.2) is 30.3 Å². The van der Waals surface area contributed by atoms with Crippen molar-refractivity contribution in [1.29, 1.82) is 0 Å². The molecule has 21 heavy (non-hydrogen) atoms. The molecule has 0 radical (unpaired) electrons. The van der Waals surface area contributed by atoms with Gasteiger partial charge in [0.15, 0.2) is 0 Å². The summed E-state index contributed by atoms with van der Waals surface area (Å²) in [5, 5.41) is 12.6. The third kappa shape index (κ3) is 5.46. The van der Waals surface area contributed by atoms with E-state index in [0.717, 1.165) is 5.56 Å². The zero-order chi connectivity index (χ0) is 16.3. The molecule has 0 aromatic heterocycles. The van der Waals surface area contributed by atoms with Crippen molar-refractivity contribution in [3.05, 3.63) is 35.9 Å². The van der Waals surface area contributed by atoms with E-state index in [2.05, 4.69) is 5.32 Å². The zero-order valence-corrected chi connectivity index (χ0v) is 13.4. The van der Waals surface area contributed by atoms with Gasteiger partial charge in [-0.3, -0.25) is 4.79 Å². The van der Waals surface area contributed by atoms with Gasteiger partial charge in [0.2, 0.25) is 0 Å². The molecule has 1 rings (SSSR count). The molecule has 0 aliphatic rings. The molecule has 120 valence electrons. The first-order valence-corrected chi connectivity index (χ1v) is 7.40. The first kappa shape index (κ1) is 19.6. The summed E-state index contributed by atoms with van der Waals surface area (Å²) in [4.78, 5) is 16.3. The second kappa shape index (κ2) is 10.3. The lowest BCUT2D eigenvalue weighted by molar-refractivity contribution is -0.159. The van der Waals surface area contributed by atoms with Crippen molar-refractivity contribution in [3.8, 4) is 0 Å². The molecule has 0 aliphatic carbocycles. The molecule has 2 unspecified atom stereocenters. The topological polar surface area (TPSA) is 84.6 Å². The maximum atomic E-state index is 11.5. The Morgan fingerprint density at radius 2 is 1.95 bits per heavy atom. The van der Waals surface area contributed by atoms with Crippen molar-refractivity contribution in [1.82, 2.24) is 5.32 Å². The smallest absolute Gasteiger partial charge is 0.313 e. The summed E-state index contributed by atoms with van der Waals surface area (Å²) in [6, 6.07) is 9.83. The Labute approximate surface area is 127 Å². The standard InChI is InChI=1S/C14H22N2O3.C2H6/c1-3-14(13(17)18,11(2)19-15)10-16-9-12-7-5-4-6-8-12;1-2/h4-8,11,16H,3,9-10,15H2,1-2H3,(H,17,18);1-2H3. The van der Waals surface area contributed by atoms with Crippen LogP contribution in [0.3, 0.4) is 0 Å². The number of rotatable bonds is 8. The fourth-order valence-electron chi connectivity index (χ4n) is 2.11. The minimum absolute atomic E-state index is 0.312. The van der Waals surface area contributed by atoms with Crippen LogP contribution in [0.2, 0.25) is 0 Å². The Bertz CT molecular complexity index is 398. The number of carbonyl (C=O) groups is 1. The van der Waals surface area contributed by atoms with Crippen molar-refractivity contribution in [2.24, 2.45) is 11.3 Å². The number of hydrogen-bond donors (Lipinski definition) is 3. The largest absolute Gasteiger partial charge is 0.481 e. The van der Waals surface area contributed by atoms with Gasteiger partial charge in [0.1, 0.15) is 5.41 Å². The van der Waals surface area contributed by atoms with E-state index in [-0.39, 0.29) is 0 Å². The molecule has 0 amide bonds. The first-order chi connectivity index (χ1) is 10.1. The van der Waals surface area contributed by atoms with E-state index in [9.17, 15) is 9.90 Å². The van der Waals surface area contributed by atoms with E-state index in [1.807, 2.05) is 51.1 Å². The Morgan fingerprint density at radius 1 is 1.38 bits per heavy atom. The predicted octanol–water partition coefficient (Wildman–Crippen LogP) is 2.56. The van der Waals surface area contributed by atoms with Crippen LogP contribution < -0.4 is 11.2 Å². The van der Waals surface area contributed by atoms with Crippen molar-refractivity contribution < 1.29 is 14.7 Å². The summed E-state index contributed by atoms with van der Waals surface area (Å²) in [7, 11) is 0. The number of carboxylic acid groups (broad SMARTS) is 1. The second-order valence-corrected chi connectivity index (χ2v) is 4.68. The molecule has 2 atom stereocenters. The van der Waals surface area contributed by atoms with Crippen molar-refractivity contribution in [2.45, 2.75) is 46.8 Å². The van der Waals surface area contributed by atoms with Crippen molar-refractivity contribution >= 4 is 5.97 Å². The van der Waals surface area contributed by atoms with Crippen molar-refractivity contribution in [2.75, 3.05) is 6.54 Å². The van der Waals surface area contributed by atoms with Crippen LogP contribution in [-0.2, 0) is 16.2 Å². The molecule has 0 aliphatic heterocycles. The van der Waals surface area contributed by atoms with Gasteiger partial charge >= 0.3 is 5.97 Å². The van der Waals surface area contributed by atoms with E-state index in [0.29, 0.717) is 19.5 Å². The molecule has 0 heterocycles. The Hall–Kier alpha value is -1.43. The number of benzene rings is 1. The van der Waals surface area contributed by atoms with Crippen LogP contribution in [0.25, 0.3) is 0 Å². The molecule has 5 nitrogen and oxygen atoms in total. The van der Waals surface area contributed by atoms with E-state index in [1.165, 1.54) is 0 Å². The minimum Gasteiger partial charge on any atom is -0.481 e. The highest BCUT2D eigenvalue weighted by Gasteiger charge is 2.42. The molecule has 0 saturated carbocycles. The average Bonchev–Trinajstić information content (AvgIpc) is 2.53. The summed E-state index contributed by atoms with van der Waals surface area (Å²) < 4.78 is 0. The van der Waals surface area contributed by atoms with Crippen LogP contribution in [-0.4, -0.2) is 23.7 Å². The van der Waals surface area contributed by atoms with Gasteiger partial charge in [0.05, 0.1) is 6.10 Å². The predicted molar refractivity (Wildman–Crippen MR) is 84.6 cm³/mol. The van der Waals surface area contributed by atoms with E-state index < -0.39 is 17.5 Å². The number of nitrogens with two attached hydrogens (primary N) is 1. The number of carboxylic acids is 1.